The van der Waals surface area contributed by atoms with Crippen LogP contribution in [0.15, 0.2) is 36.4 Å². The second-order valence-electron chi connectivity index (χ2n) is 8.73. The normalized spacial score (nSPS) is 15.2. The molecule has 0 aromatic heterocycles. The van der Waals surface area contributed by atoms with Crippen LogP contribution in [-0.4, -0.2) is 57.1 Å². The molecule has 2 aromatic rings. The molecule has 0 bridgehead atoms. The number of benzene rings is 2. The number of ether oxygens (including phenoxy) is 1. The van der Waals surface area contributed by atoms with Crippen molar-refractivity contribution >= 4 is 29.1 Å². The zero-order valence-electron chi connectivity index (χ0n) is 19.5. The van der Waals surface area contributed by atoms with Crippen LogP contribution in [0.2, 0.25) is 5.02 Å². The highest BCUT2D eigenvalue weighted by atomic mass is 35.5. The van der Waals surface area contributed by atoms with Crippen LogP contribution in [0.25, 0.3) is 0 Å². The molecule has 1 fully saturated rings. The van der Waals surface area contributed by atoms with Crippen molar-refractivity contribution in [1.29, 1.82) is 0 Å². The van der Waals surface area contributed by atoms with E-state index in [1.165, 1.54) is 13.1 Å². The van der Waals surface area contributed by atoms with E-state index in [1.807, 2.05) is 24.3 Å². The number of nitrogens with zero attached hydrogens (tertiary/aromatic N) is 1. The van der Waals surface area contributed by atoms with Gasteiger partial charge in [0.25, 0.3) is 5.91 Å². The first kappa shape index (κ1) is 25.1. The Morgan fingerprint density at radius 1 is 1.24 bits per heavy atom. The summed E-state index contributed by atoms with van der Waals surface area (Å²) in [4.78, 5) is 28.3. The summed E-state index contributed by atoms with van der Waals surface area (Å²) in [6, 6.07) is 10.3. The van der Waals surface area contributed by atoms with Gasteiger partial charge in [0.1, 0.15) is 5.82 Å². The van der Waals surface area contributed by atoms with E-state index in [9.17, 15) is 14.0 Å². The first-order valence-electron chi connectivity index (χ1n) is 11.1. The quantitative estimate of drug-likeness (QED) is 0.533. The van der Waals surface area contributed by atoms with Gasteiger partial charge in [-0.1, -0.05) is 49.7 Å². The molecule has 0 spiro atoms. The second-order valence-corrected chi connectivity index (χ2v) is 9.13. The van der Waals surface area contributed by atoms with Crippen LogP contribution in [0.3, 0.4) is 0 Å². The van der Waals surface area contributed by atoms with E-state index in [-0.39, 0.29) is 28.1 Å². The largest absolute Gasteiger partial charge is 0.385 e. The molecule has 2 N–H and O–H groups in total. The molecule has 1 aliphatic rings. The van der Waals surface area contributed by atoms with Gasteiger partial charge in [0.15, 0.2) is 0 Å². The number of likely N-dealkylation sites (tertiary alicyclic amines) is 1. The summed E-state index contributed by atoms with van der Waals surface area (Å²) in [6.07, 6.45) is 0.864. The van der Waals surface area contributed by atoms with E-state index in [4.69, 9.17) is 16.3 Å². The summed E-state index contributed by atoms with van der Waals surface area (Å²) < 4.78 is 19.4. The Morgan fingerprint density at radius 3 is 2.58 bits per heavy atom. The van der Waals surface area contributed by atoms with Crippen LogP contribution in [0.5, 0.6) is 0 Å². The fourth-order valence-electron chi connectivity index (χ4n) is 4.40. The smallest absolute Gasteiger partial charge is 0.253 e. The molecule has 2 aromatic carbocycles. The van der Waals surface area contributed by atoms with Gasteiger partial charge in [-0.2, -0.15) is 0 Å². The Hall–Kier alpha value is -2.48. The van der Waals surface area contributed by atoms with Gasteiger partial charge in [0.05, 0.1) is 21.7 Å². The van der Waals surface area contributed by atoms with E-state index in [0.29, 0.717) is 19.7 Å². The third-order valence-electron chi connectivity index (χ3n) is 6.12. The van der Waals surface area contributed by atoms with E-state index in [2.05, 4.69) is 29.4 Å². The second kappa shape index (κ2) is 10.6. The summed E-state index contributed by atoms with van der Waals surface area (Å²) in [5, 5.41) is 5.17. The standard InChI is InChI=1S/C25H31ClFN3O3/c1-16(2)17-8-5-6-9-19(17)25(14-30(15-25)10-7-11-33-4)24(32)29-22-13-21(27)20(26)12-18(22)23(31)28-3/h5-6,8-9,12-13,16H,7,10-11,14-15H2,1-4H3,(H,28,31)(H,29,32). The Morgan fingerprint density at radius 2 is 1.94 bits per heavy atom. The monoisotopic (exact) mass is 475 g/mol. The number of nitrogens with one attached hydrogen (secondary N) is 2. The average molecular weight is 476 g/mol. The maximum Gasteiger partial charge on any atom is 0.253 e. The molecule has 178 valence electrons. The predicted molar refractivity (Wildman–Crippen MR) is 129 cm³/mol. The fraction of sp³-hybridized carbons (Fsp3) is 0.440. The van der Waals surface area contributed by atoms with E-state index in [0.717, 1.165) is 30.2 Å². The lowest BCUT2D eigenvalue weighted by Gasteiger charge is -2.50. The van der Waals surface area contributed by atoms with Crippen molar-refractivity contribution in [2.45, 2.75) is 31.6 Å². The summed E-state index contributed by atoms with van der Waals surface area (Å²) >= 11 is 5.90. The third kappa shape index (κ3) is 5.21. The van der Waals surface area contributed by atoms with Crippen LogP contribution in [0.1, 0.15) is 47.7 Å². The van der Waals surface area contributed by atoms with Crippen LogP contribution in [-0.2, 0) is 14.9 Å². The minimum atomic E-state index is -0.815. The van der Waals surface area contributed by atoms with Crippen LogP contribution < -0.4 is 10.6 Å². The van der Waals surface area contributed by atoms with Gasteiger partial charge in [-0.05, 0) is 35.6 Å². The lowest BCUT2D eigenvalue weighted by Crippen LogP contribution is -2.65. The van der Waals surface area contributed by atoms with Crippen molar-refractivity contribution in [3.05, 3.63) is 63.9 Å². The minimum Gasteiger partial charge on any atom is -0.385 e. The molecule has 1 heterocycles. The summed E-state index contributed by atoms with van der Waals surface area (Å²) in [5.74, 6) is -1.21. The number of rotatable bonds is 9. The Labute approximate surface area is 199 Å². The highest BCUT2D eigenvalue weighted by Crippen LogP contribution is 2.40. The van der Waals surface area contributed by atoms with Crippen molar-refractivity contribution in [3.63, 3.8) is 0 Å². The average Bonchev–Trinajstić information content (AvgIpc) is 2.77. The zero-order valence-corrected chi connectivity index (χ0v) is 20.3. The lowest BCUT2D eigenvalue weighted by molar-refractivity contribution is -0.128. The molecule has 0 saturated carbocycles. The maximum absolute atomic E-state index is 14.3. The van der Waals surface area contributed by atoms with Gasteiger partial charge in [0, 0.05) is 40.4 Å². The van der Waals surface area contributed by atoms with Gasteiger partial charge in [-0.15, -0.1) is 0 Å². The molecular formula is C25H31ClFN3O3. The van der Waals surface area contributed by atoms with Gasteiger partial charge in [0.2, 0.25) is 5.91 Å². The number of carbonyl (C=O) groups is 2. The van der Waals surface area contributed by atoms with E-state index in [1.54, 1.807) is 7.11 Å². The lowest BCUT2D eigenvalue weighted by atomic mass is 9.69. The Balaban J connectivity index is 1.98. The number of hydrogen-bond donors (Lipinski definition) is 2. The van der Waals surface area contributed by atoms with Crippen molar-refractivity contribution < 1.29 is 18.7 Å². The number of halogens is 2. The van der Waals surface area contributed by atoms with Crippen LogP contribution in [0, 0.1) is 5.82 Å². The molecule has 0 atom stereocenters. The molecule has 1 saturated heterocycles. The third-order valence-corrected chi connectivity index (χ3v) is 6.41. The topological polar surface area (TPSA) is 70.7 Å². The Bertz CT molecular complexity index is 1020. The van der Waals surface area contributed by atoms with Crippen molar-refractivity contribution in [2.75, 3.05) is 45.7 Å². The molecule has 1 aliphatic heterocycles. The van der Waals surface area contributed by atoms with Gasteiger partial charge >= 0.3 is 0 Å². The number of amides is 2. The molecule has 8 heteroatoms. The van der Waals surface area contributed by atoms with Gasteiger partial charge < -0.3 is 20.3 Å². The summed E-state index contributed by atoms with van der Waals surface area (Å²) in [6.45, 7) is 6.70. The van der Waals surface area contributed by atoms with Crippen molar-refractivity contribution in [2.24, 2.45) is 0 Å². The fourth-order valence-corrected chi connectivity index (χ4v) is 4.56. The molecule has 0 radical (unpaired) electrons. The van der Waals surface area contributed by atoms with Gasteiger partial charge in [-0.25, -0.2) is 4.39 Å². The highest BCUT2D eigenvalue weighted by molar-refractivity contribution is 6.31. The first-order chi connectivity index (χ1) is 15.7. The molecular weight excluding hydrogens is 445 g/mol. The molecule has 0 unspecified atom stereocenters. The van der Waals surface area contributed by atoms with Crippen LogP contribution in [0.4, 0.5) is 10.1 Å². The maximum atomic E-state index is 14.3. The molecule has 2 amide bonds. The SMILES string of the molecule is CNC(=O)c1cc(Cl)c(F)cc1NC(=O)C1(c2ccccc2C(C)C)CN(CCCOC)C1. The number of anilines is 1. The first-order valence-corrected chi connectivity index (χ1v) is 11.4. The Kier molecular flexibility index (Phi) is 8.10. The predicted octanol–water partition coefficient (Wildman–Crippen LogP) is 4.19. The van der Waals surface area contributed by atoms with Gasteiger partial charge in [-0.3, -0.25) is 9.59 Å². The molecule has 0 aliphatic carbocycles. The van der Waals surface area contributed by atoms with E-state index >= 15 is 0 Å². The molecule has 3 rings (SSSR count). The number of hydrogen-bond acceptors (Lipinski definition) is 4. The summed E-state index contributed by atoms with van der Waals surface area (Å²) in [7, 11) is 3.14. The van der Waals surface area contributed by atoms with Crippen molar-refractivity contribution in [1.82, 2.24) is 10.2 Å². The summed E-state index contributed by atoms with van der Waals surface area (Å²) in [5.41, 5.74) is 1.44. The molecule has 6 nitrogen and oxygen atoms in total. The van der Waals surface area contributed by atoms with E-state index < -0.39 is 17.1 Å². The number of methoxy groups -OCH3 is 1. The molecule has 33 heavy (non-hydrogen) atoms. The zero-order chi connectivity index (χ0) is 24.2. The minimum absolute atomic E-state index is 0.0977. The highest BCUT2D eigenvalue weighted by Gasteiger charge is 2.51. The number of carbonyl (C=O) groups excluding carboxylic acids is 2. The van der Waals surface area contributed by atoms with Crippen molar-refractivity contribution in [3.8, 4) is 0 Å². The van der Waals surface area contributed by atoms with Crippen LogP contribution >= 0.6 is 11.6 Å².